The zero-order chi connectivity index (χ0) is 11.5. The van der Waals surface area contributed by atoms with Gasteiger partial charge in [0.1, 0.15) is 0 Å². The molecule has 1 heterocycles. The molecule has 1 fully saturated rings. The molecule has 0 atom stereocenters. The van der Waals surface area contributed by atoms with E-state index in [9.17, 15) is 4.79 Å². The van der Waals surface area contributed by atoms with Crippen molar-refractivity contribution in [2.45, 2.75) is 51.4 Å². The largest absolute Gasteiger partial charge is 0.481 e. The summed E-state index contributed by atoms with van der Waals surface area (Å²) in [7, 11) is 0. The lowest BCUT2D eigenvalue weighted by molar-refractivity contribution is -0.136. The Morgan fingerprint density at radius 2 is 2.19 bits per heavy atom. The second kappa shape index (κ2) is 4.68. The van der Waals surface area contributed by atoms with Crippen LogP contribution in [0.2, 0.25) is 0 Å². The van der Waals surface area contributed by atoms with Gasteiger partial charge in [0.05, 0.1) is 5.69 Å². The van der Waals surface area contributed by atoms with Crippen LogP contribution >= 0.6 is 0 Å². The van der Waals surface area contributed by atoms with Crippen molar-refractivity contribution in [3.05, 3.63) is 17.0 Å². The summed E-state index contributed by atoms with van der Waals surface area (Å²) in [6.07, 6.45) is 5.74. The van der Waals surface area contributed by atoms with Gasteiger partial charge in [-0.1, -0.05) is 12.8 Å². The van der Waals surface area contributed by atoms with Crippen LogP contribution in [0.15, 0.2) is 0 Å². The van der Waals surface area contributed by atoms with Gasteiger partial charge in [-0.15, -0.1) is 0 Å². The number of nitrogens with zero attached hydrogens (tertiary/aromatic N) is 1. The molecule has 1 aliphatic carbocycles. The highest BCUT2D eigenvalue weighted by molar-refractivity contribution is 5.67. The maximum Gasteiger partial charge on any atom is 0.303 e. The maximum absolute atomic E-state index is 10.6. The number of aromatic amines is 1. The van der Waals surface area contributed by atoms with E-state index >= 15 is 0 Å². The van der Waals surface area contributed by atoms with Crippen LogP contribution in [-0.4, -0.2) is 21.3 Å². The van der Waals surface area contributed by atoms with Crippen molar-refractivity contribution in [1.29, 1.82) is 0 Å². The first-order chi connectivity index (χ1) is 7.68. The molecule has 1 aromatic heterocycles. The van der Waals surface area contributed by atoms with Crippen molar-refractivity contribution in [2.24, 2.45) is 0 Å². The van der Waals surface area contributed by atoms with Crippen molar-refractivity contribution in [3.8, 4) is 0 Å². The number of carbonyl (C=O) groups is 1. The highest BCUT2D eigenvalue weighted by Crippen LogP contribution is 2.35. The summed E-state index contributed by atoms with van der Waals surface area (Å²) in [6.45, 7) is 1.97. The minimum atomic E-state index is -0.738. The number of aromatic nitrogens is 2. The molecular formula is C12H18N2O2. The summed E-state index contributed by atoms with van der Waals surface area (Å²) in [5.41, 5.74) is 3.29. The number of aliphatic carboxylic acids is 1. The van der Waals surface area contributed by atoms with Gasteiger partial charge in [0, 0.05) is 18.0 Å². The highest BCUT2D eigenvalue weighted by atomic mass is 16.4. The van der Waals surface area contributed by atoms with Gasteiger partial charge in [0.2, 0.25) is 0 Å². The average Bonchev–Trinajstić information content (AvgIpc) is 2.83. The van der Waals surface area contributed by atoms with Gasteiger partial charge in [0.15, 0.2) is 0 Å². The Morgan fingerprint density at radius 1 is 1.50 bits per heavy atom. The lowest BCUT2D eigenvalue weighted by Gasteiger charge is -2.08. The Hall–Kier alpha value is -1.32. The van der Waals surface area contributed by atoms with Gasteiger partial charge in [-0.2, -0.15) is 5.10 Å². The molecule has 4 nitrogen and oxygen atoms in total. The molecule has 88 valence electrons. The number of H-pyrrole nitrogens is 1. The van der Waals surface area contributed by atoms with E-state index in [0.717, 1.165) is 17.0 Å². The van der Waals surface area contributed by atoms with Crippen LogP contribution in [0, 0.1) is 6.92 Å². The molecule has 0 saturated heterocycles. The van der Waals surface area contributed by atoms with E-state index in [1.165, 1.54) is 25.7 Å². The third-order valence-electron chi connectivity index (χ3n) is 3.44. The monoisotopic (exact) mass is 222 g/mol. The molecule has 0 bridgehead atoms. The van der Waals surface area contributed by atoms with E-state index in [1.807, 2.05) is 6.92 Å². The van der Waals surface area contributed by atoms with Crippen LogP contribution in [-0.2, 0) is 11.2 Å². The number of carboxylic acid groups (broad SMARTS) is 1. The summed E-state index contributed by atoms with van der Waals surface area (Å²) in [4.78, 5) is 10.6. The summed E-state index contributed by atoms with van der Waals surface area (Å²) in [5.74, 6) is -0.188. The Morgan fingerprint density at radius 3 is 2.81 bits per heavy atom. The molecule has 1 aliphatic rings. The fourth-order valence-corrected chi connectivity index (χ4v) is 2.56. The molecule has 16 heavy (non-hydrogen) atoms. The van der Waals surface area contributed by atoms with Crippen molar-refractivity contribution in [1.82, 2.24) is 10.2 Å². The summed E-state index contributed by atoms with van der Waals surface area (Å²) in [5, 5.41) is 16.1. The second-order valence-electron chi connectivity index (χ2n) is 4.59. The average molecular weight is 222 g/mol. The number of aryl methyl sites for hydroxylation is 1. The minimum Gasteiger partial charge on any atom is -0.481 e. The lowest BCUT2D eigenvalue weighted by Crippen LogP contribution is -2.02. The Bertz CT molecular complexity index is 378. The van der Waals surface area contributed by atoms with Gasteiger partial charge >= 0.3 is 5.97 Å². The molecule has 1 saturated carbocycles. The van der Waals surface area contributed by atoms with Crippen LogP contribution in [0.4, 0.5) is 0 Å². The molecule has 0 spiro atoms. The standard InChI is InChI=1S/C12H18N2O2/c1-8-10(6-7-11(15)16)12(14-13-8)9-4-2-3-5-9/h9H,2-7H2,1H3,(H,13,14)(H,15,16). The Kier molecular flexibility index (Phi) is 3.27. The SMILES string of the molecule is Cc1[nH]nc(C2CCCC2)c1CCC(=O)O. The van der Waals surface area contributed by atoms with E-state index < -0.39 is 5.97 Å². The summed E-state index contributed by atoms with van der Waals surface area (Å²) in [6, 6.07) is 0. The molecular weight excluding hydrogens is 204 g/mol. The minimum absolute atomic E-state index is 0.195. The summed E-state index contributed by atoms with van der Waals surface area (Å²) < 4.78 is 0. The van der Waals surface area contributed by atoms with Crippen molar-refractivity contribution in [3.63, 3.8) is 0 Å². The van der Waals surface area contributed by atoms with Crippen LogP contribution < -0.4 is 0 Å². The fraction of sp³-hybridized carbons (Fsp3) is 0.667. The zero-order valence-corrected chi connectivity index (χ0v) is 9.62. The van der Waals surface area contributed by atoms with E-state index in [1.54, 1.807) is 0 Å². The number of hydrogen-bond acceptors (Lipinski definition) is 2. The van der Waals surface area contributed by atoms with E-state index in [2.05, 4.69) is 10.2 Å². The predicted molar refractivity (Wildman–Crippen MR) is 60.5 cm³/mol. The van der Waals surface area contributed by atoms with Crippen LogP contribution in [0.1, 0.15) is 55.0 Å². The normalized spacial score (nSPS) is 16.8. The number of carboxylic acids is 1. The van der Waals surface area contributed by atoms with Crippen molar-refractivity contribution < 1.29 is 9.90 Å². The van der Waals surface area contributed by atoms with Crippen molar-refractivity contribution in [2.75, 3.05) is 0 Å². The third-order valence-corrected chi connectivity index (χ3v) is 3.44. The number of rotatable bonds is 4. The predicted octanol–water partition coefficient (Wildman–Crippen LogP) is 2.39. The van der Waals surface area contributed by atoms with Gasteiger partial charge in [-0.3, -0.25) is 9.89 Å². The lowest BCUT2D eigenvalue weighted by atomic mass is 9.96. The van der Waals surface area contributed by atoms with Crippen LogP contribution in [0.5, 0.6) is 0 Å². The summed E-state index contributed by atoms with van der Waals surface area (Å²) >= 11 is 0. The number of nitrogens with one attached hydrogen (secondary N) is 1. The quantitative estimate of drug-likeness (QED) is 0.822. The maximum atomic E-state index is 10.6. The van der Waals surface area contributed by atoms with Crippen LogP contribution in [0.25, 0.3) is 0 Å². The van der Waals surface area contributed by atoms with Gasteiger partial charge in [-0.05, 0) is 31.7 Å². The van der Waals surface area contributed by atoms with Gasteiger partial charge in [-0.25, -0.2) is 0 Å². The molecule has 2 rings (SSSR count). The van der Waals surface area contributed by atoms with Crippen LogP contribution in [0.3, 0.4) is 0 Å². The first-order valence-electron chi connectivity index (χ1n) is 5.94. The van der Waals surface area contributed by atoms with E-state index in [0.29, 0.717) is 12.3 Å². The molecule has 4 heteroatoms. The first kappa shape index (κ1) is 11.2. The Labute approximate surface area is 95.1 Å². The van der Waals surface area contributed by atoms with Crippen molar-refractivity contribution >= 4 is 5.97 Å². The molecule has 0 amide bonds. The van der Waals surface area contributed by atoms with Gasteiger partial charge in [0.25, 0.3) is 0 Å². The third kappa shape index (κ3) is 2.26. The highest BCUT2D eigenvalue weighted by Gasteiger charge is 2.23. The van der Waals surface area contributed by atoms with E-state index in [4.69, 9.17) is 5.11 Å². The molecule has 1 aromatic rings. The molecule has 2 N–H and O–H groups in total. The van der Waals surface area contributed by atoms with E-state index in [-0.39, 0.29) is 6.42 Å². The topological polar surface area (TPSA) is 66.0 Å². The molecule has 0 aromatic carbocycles. The molecule has 0 unspecified atom stereocenters. The smallest absolute Gasteiger partial charge is 0.303 e. The van der Waals surface area contributed by atoms with Gasteiger partial charge < -0.3 is 5.11 Å². The zero-order valence-electron chi connectivity index (χ0n) is 9.62. The fourth-order valence-electron chi connectivity index (χ4n) is 2.56. The second-order valence-corrected chi connectivity index (χ2v) is 4.59. The first-order valence-corrected chi connectivity index (χ1v) is 5.94. The molecule has 0 radical (unpaired) electrons. The molecule has 0 aliphatic heterocycles. The number of hydrogen-bond donors (Lipinski definition) is 2. The Balaban J connectivity index is 2.14.